The van der Waals surface area contributed by atoms with E-state index in [-0.39, 0.29) is 12.5 Å². The molecular weight excluding hydrogens is 278 g/mol. The summed E-state index contributed by atoms with van der Waals surface area (Å²) >= 11 is 5.81. The third kappa shape index (κ3) is 4.10. The molecule has 2 aromatic carbocycles. The van der Waals surface area contributed by atoms with E-state index in [9.17, 15) is 9.59 Å². The zero-order valence-electron chi connectivity index (χ0n) is 10.5. The molecule has 102 valence electrons. The van der Waals surface area contributed by atoms with E-state index in [4.69, 9.17) is 16.3 Å². The van der Waals surface area contributed by atoms with Gasteiger partial charge in [0.15, 0.2) is 6.61 Å². The minimum atomic E-state index is -0.312. The normalized spacial score (nSPS) is 9.85. The molecule has 2 aromatic rings. The number of halogens is 1. The van der Waals surface area contributed by atoms with Gasteiger partial charge in [-0.15, -0.1) is 0 Å². The first kappa shape index (κ1) is 14.1. The van der Waals surface area contributed by atoms with Gasteiger partial charge in [-0.2, -0.15) is 0 Å². The van der Waals surface area contributed by atoms with Crippen molar-refractivity contribution in [3.8, 4) is 5.75 Å². The van der Waals surface area contributed by atoms with Crippen molar-refractivity contribution < 1.29 is 14.3 Å². The van der Waals surface area contributed by atoms with Crippen LogP contribution in [0.25, 0.3) is 0 Å². The van der Waals surface area contributed by atoms with Crippen LogP contribution < -0.4 is 10.1 Å². The molecule has 1 N–H and O–H groups in total. The molecule has 4 nitrogen and oxygen atoms in total. The average molecular weight is 290 g/mol. The molecule has 0 saturated heterocycles. The third-order valence-electron chi connectivity index (χ3n) is 2.47. The second-order valence-corrected chi connectivity index (χ2v) is 4.47. The van der Waals surface area contributed by atoms with E-state index in [1.165, 1.54) is 0 Å². The molecule has 0 aliphatic heterocycles. The van der Waals surface area contributed by atoms with Crippen LogP contribution in [0.4, 0.5) is 5.69 Å². The van der Waals surface area contributed by atoms with Crippen LogP contribution in [-0.2, 0) is 4.79 Å². The minimum Gasteiger partial charge on any atom is -0.484 e. The van der Waals surface area contributed by atoms with E-state index >= 15 is 0 Å². The summed E-state index contributed by atoms with van der Waals surface area (Å²) in [5, 5.41) is 3.19. The Morgan fingerprint density at radius 2 is 2.00 bits per heavy atom. The molecule has 0 aliphatic rings. The molecule has 0 aromatic heterocycles. The molecule has 0 bridgehead atoms. The zero-order chi connectivity index (χ0) is 14.4. The van der Waals surface area contributed by atoms with Crippen LogP contribution in [-0.4, -0.2) is 18.8 Å². The van der Waals surface area contributed by atoms with E-state index in [2.05, 4.69) is 5.32 Å². The Balaban J connectivity index is 1.90. The van der Waals surface area contributed by atoms with Crippen LogP contribution in [0.15, 0.2) is 48.5 Å². The van der Waals surface area contributed by atoms with Crippen molar-refractivity contribution in [3.05, 3.63) is 59.1 Å². The lowest BCUT2D eigenvalue weighted by Crippen LogP contribution is -2.20. The van der Waals surface area contributed by atoms with Gasteiger partial charge in [0.25, 0.3) is 5.91 Å². The van der Waals surface area contributed by atoms with Crippen molar-refractivity contribution in [2.45, 2.75) is 0 Å². The average Bonchev–Trinajstić information content (AvgIpc) is 2.45. The molecule has 5 heteroatoms. The van der Waals surface area contributed by atoms with E-state index in [0.717, 1.165) is 6.29 Å². The number of rotatable bonds is 5. The first-order valence-electron chi connectivity index (χ1n) is 5.91. The molecule has 0 atom stereocenters. The summed E-state index contributed by atoms with van der Waals surface area (Å²) in [6.07, 6.45) is 0.720. The highest BCUT2D eigenvalue weighted by Gasteiger charge is 2.04. The predicted molar refractivity (Wildman–Crippen MR) is 77.4 cm³/mol. The van der Waals surface area contributed by atoms with Crippen LogP contribution in [0.2, 0.25) is 5.02 Å². The Morgan fingerprint density at radius 3 is 2.75 bits per heavy atom. The van der Waals surface area contributed by atoms with Crippen molar-refractivity contribution in [3.63, 3.8) is 0 Å². The third-order valence-corrected chi connectivity index (χ3v) is 2.71. The van der Waals surface area contributed by atoms with E-state index in [1.54, 1.807) is 48.5 Å². The first-order valence-corrected chi connectivity index (χ1v) is 6.28. The number of aldehydes is 1. The highest BCUT2D eigenvalue weighted by atomic mass is 35.5. The van der Waals surface area contributed by atoms with Gasteiger partial charge < -0.3 is 10.1 Å². The lowest BCUT2D eigenvalue weighted by Gasteiger charge is -2.08. The summed E-state index contributed by atoms with van der Waals surface area (Å²) in [6, 6.07) is 13.4. The number of ether oxygens (including phenoxy) is 1. The summed E-state index contributed by atoms with van der Waals surface area (Å²) in [6.45, 7) is -0.133. The largest absolute Gasteiger partial charge is 0.484 e. The number of nitrogens with one attached hydrogen (secondary N) is 1. The number of amides is 1. The fourth-order valence-corrected chi connectivity index (χ4v) is 1.77. The van der Waals surface area contributed by atoms with Crippen LogP contribution >= 0.6 is 11.6 Å². The first-order chi connectivity index (χ1) is 9.67. The van der Waals surface area contributed by atoms with Crippen LogP contribution in [0.1, 0.15) is 10.4 Å². The van der Waals surface area contributed by atoms with Crippen molar-refractivity contribution >= 4 is 29.5 Å². The van der Waals surface area contributed by atoms with Gasteiger partial charge in [-0.25, -0.2) is 0 Å². The molecule has 0 saturated carbocycles. The minimum absolute atomic E-state index is 0.133. The maximum Gasteiger partial charge on any atom is 0.262 e. The molecule has 0 spiro atoms. The Bertz CT molecular complexity index is 628. The fraction of sp³-hybridized carbons (Fsp3) is 0.0667. The summed E-state index contributed by atoms with van der Waals surface area (Å²) < 4.78 is 5.31. The van der Waals surface area contributed by atoms with Crippen LogP contribution in [0.5, 0.6) is 5.75 Å². The number of hydrogen-bond donors (Lipinski definition) is 1. The highest BCUT2D eigenvalue weighted by molar-refractivity contribution is 6.30. The van der Waals surface area contributed by atoms with E-state index < -0.39 is 0 Å². The van der Waals surface area contributed by atoms with Gasteiger partial charge in [-0.1, -0.05) is 29.8 Å². The van der Waals surface area contributed by atoms with Crippen molar-refractivity contribution in [1.29, 1.82) is 0 Å². The number of carbonyl (C=O) groups excluding carboxylic acids is 2. The van der Waals surface area contributed by atoms with Crippen molar-refractivity contribution in [1.82, 2.24) is 0 Å². The molecule has 1 amide bonds. The number of carbonyl (C=O) groups is 2. The smallest absolute Gasteiger partial charge is 0.262 e. The van der Waals surface area contributed by atoms with Crippen molar-refractivity contribution in [2.75, 3.05) is 11.9 Å². The van der Waals surface area contributed by atoms with Gasteiger partial charge in [-0.3, -0.25) is 9.59 Å². The van der Waals surface area contributed by atoms with E-state index in [0.29, 0.717) is 22.0 Å². The summed E-state index contributed by atoms with van der Waals surface area (Å²) in [5.74, 6) is 0.210. The van der Waals surface area contributed by atoms with Gasteiger partial charge in [0, 0.05) is 16.3 Å². The van der Waals surface area contributed by atoms with Crippen LogP contribution in [0, 0.1) is 0 Å². The summed E-state index contributed by atoms with van der Waals surface area (Å²) in [7, 11) is 0. The van der Waals surface area contributed by atoms with Gasteiger partial charge in [0.05, 0.1) is 0 Å². The Kier molecular flexibility index (Phi) is 4.74. The molecule has 0 unspecified atom stereocenters. The Hall–Kier alpha value is -2.33. The van der Waals surface area contributed by atoms with Crippen LogP contribution in [0.3, 0.4) is 0 Å². The molecule has 0 heterocycles. The fourth-order valence-electron chi connectivity index (χ4n) is 1.59. The summed E-state index contributed by atoms with van der Waals surface area (Å²) in [5.41, 5.74) is 1.05. The zero-order valence-corrected chi connectivity index (χ0v) is 11.3. The maximum absolute atomic E-state index is 11.7. The van der Waals surface area contributed by atoms with Crippen molar-refractivity contribution in [2.24, 2.45) is 0 Å². The SMILES string of the molecule is O=Cc1cccc(NC(=O)COc2cccc(Cl)c2)c1. The lowest BCUT2D eigenvalue weighted by atomic mass is 10.2. The second-order valence-electron chi connectivity index (χ2n) is 4.04. The maximum atomic E-state index is 11.7. The van der Waals surface area contributed by atoms with Gasteiger partial charge in [0.1, 0.15) is 12.0 Å². The molecule has 20 heavy (non-hydrogen) atoms. The van der Waals surface area contributed by atoms with Gasteiger partial charge >= 0.3 is 0 Å². The molecular formula is C15H12ClNO3. The topological polar surface area (TPSA) is 55.4 Å². The Labute approximate surface area is 121 Å². The molecule has 0 fully saturated rings. The quantitative estimate of drug-likeness (QED) is 0.860. The summed E-state index contributed by atoms with van der Waals surface area (Å²) in [4.78, 5) is 22.4. The van der Waals surface area contributed by atoms with E-state index in [1.807, 2.05) is 0 Å². The highest BCUT2D eigenvalue weighted by Crippen LogP contribution is 2.17. The lowest BCUT2D eigenvalue weighted by molar-refractivity contribution is -0.118. The monoisotopic (exact) mass is 289 g/mol. The molecule has 0 aliphatic carbocycles. The standard InChI is InChI=1S/C15H12ClNO3/c16-12-4-2-6-14(8-12)20-10-15(19)17-13-5-1-3-11(7-13)9-18/h1-9H,10H2,(H,17,19). The molecule has 2 rings (SSSR count). The number of anilines is 1. The predicted octanol–water partition coefficient (Wildman–Crippen LogP) is 3.17. The molecule has 0 radical (unpaired) electrons. The Morgan fingerprint density at radius 1 is 1.20 bits per heavy atom. The number of benzene rings is 2. The number of hydrogen-bond acceptors (Lipinski definition) is 3. The van der Waals surface area contributed by atoms with Gasteiger partial charge in [0.2, 0.25) is 0 Å². The van der Waals surface area contributed by atoms with Gasteiger partial charge in [-0.05, 0) is 30.3 Å². The second kappa shape index (κ2) is 6.73.